The average molecular weight is 909 g/mol. The minimum Gasteiger partial charge on any atom is -0.507 e. The van der Waals surface area contributed by atoms with E-state index in [0.717, 1.165) is 77.8 Å². The number of rotatable bonds is 8. The molecule has 11 aromatic rings. The average Bonchev–Trinajstić information content (AvgIpc) is 3.72. The first-order valence-corrected chi connectivity index (χ1v) is 23.8. The highest BCUT2D eigenvalue weighted by molar-refractivity contribution is 6.10. The van der Waals surface area contributed by atoms with Gasteiger partial charge in [-0.3, -0.25) is 4.57 Å². The molecule has 0 aliphatic rings. The van der Waals surface area contributed by atoms with Crippen molar-refractivity contribution in [3.63, 3.8) is 0 Å². The van der Waals surface area contributed by atoms with Crippen molar-refractivity contribution >= 4 is 21.8 Å². The van der Waals surface area contributed by atoms with Gasteiger partial charge in [0.05, 0.1) is 33.8 Å². The van der Waals surface area contributed by atoms with E-state index in [1.54, 1.807) is 6.07 Å². The Morgan fingerprint density at radius 3 is 1.49 bits per heavy atom. The predicted molar refractivity (Wildman–Crippen MR) is 287 cm³/mol. The molecule has 340 valence electrons. The molecule has 70 heavy (non-hydrogen) atoms. The maximum Gasteiger partial charge on any atom is 0.238 e. The van der Waals surface area contributed by atoms with Crippen LogP contribution in [-0.2, 0) is 10.8 Å². The Morgan fingerprint density at radius 1 is 0.343 bits per heavy atom. The largest absolute Gasteiger partial charge is 0.507 e. The molecule has 0 spiro atoms. The number of aromatic nitrogens is 6. The first-order chi connectivity index (χ1) is 33.8. The highest BCUT2D eigenvalue weighted by Crippen LogP contribution is 2.40. The van der Waals surface area contributed by atoms with Gasteiger partial charge in [0.1, 0.15) is 5.75 Å². The van der Waals surface area contributed by atoms with Gasteiger partial charge in [0.25, 0.3) is 0 Å². The molecular formula is C63H52N6O. The van der Waals surface area contributed by atoms with Crippen LogP contribution in [0.5, 0.6) is 5.75 Å². The summed E-state index contributed by atoms with van der Waals surface area (Å²) in [5.41, 5.74) is 15.1. The van der Waals surface area contributed by atoms with Gasteiger partial charge in [-0.2, -0.15) is 9.97 Å². The molecule has 0 amide bonds. The smallest absolute Gasteiger partial charge is 0.238 e. The summed E-state index contributed by atoms with van der Waals surface area (Å²) in [4.78, 5) is 25.8. The molecule has 4 aromatic heterocycles. The summed E-state index contributed by atoms with van der Waals surface area (Å²) in [5.74, 6) is 1.93. The first-order valence-electron chi connectivity index (χ1n) is 23.8. The van der Waals surface area contributed by atoms with Gasteiger partial charge in [0.15, 0.2) is 11.6 Å². The third kappa shape index (κ3) is 8.51. The molecular weight excluding hydrogens is 857 g/mol. The first kappa shape index (κ1) is 44.0. The molecule has 0 atom stereocenters. The predicted octanol–water partition coefficient (Wildman–Crippen LogP) is 15.7. The SMILES string of the molecule is CC(C)(C)c1cc(-c2cc(-c3cccc(-c4cccc(-c5ccc6c7ccccc7n(-c7nc(-c8ccccc8)nc(-c8ccccc8)n7)c6c5)n4)c3)nc(-c3ccccc3O)c2)cc(C(C)(C)C)c1. The maximum atomic E-state index is 11.1. The molecule has 0 aliphatic carbocycles. The highest BCUT2D eigenvalue weighted by atomic mass is 16.3. The van der Waals surface area contributed by atoms with Gasteiger partial charge in [-0.05, 0) is 87.7 Å². The number of benzene rings is 7. The molecule has 11 rings (SSSR count). The molecule has 0 aliphatic heterocycles. The Labute approximate surface area is 408 Å². The number of hydrogen-bond acceptors (Lipinski definition) is 6. The molecule has 0 saturated heterocycles. The zero-order valence-corrected chi connectivity index (χ0v) is 40.2. The Balaban J connectivity index is 1.02. The lowest BCUT2D eigenvalue weighted by molar-refractivity contribution is 0.477. The third-order valence-electron chi connectivity index (χ3n) is 13.1. The van der Waals surface area contributed by atoms with Crippen molar-refractivity contribution < 1.29 is 5.11 Å². The minimum atomic E-state index is -0.0559. The van der Waals surface area contributed by atoms with Crippen LogP contribution in [0, 0.1) is 0 Å². The summed E-state index contributed by atoms with van der Waals surface area (Å²) in [6.45, 7) is 13.6. The molecule has 4 heterocycles. The van der Waals surface area contributed by atoms with Crippen LogP contribution < -0.4 is 0 Å². The van der Waals surface area contributed by atoms with Gasteiger partial charge in [0, 0.05) is 44.2 Å². The molecule has 1 N–H and O–H groups in total. The van der Waals surface area contributed by atoms with Crippen molar-refractivity contribution in [3.8, 4) is 90.6 Å². The zero-order chi connectivity index (χ0) is 48.1. The van der Waals surface area contributed by atoms with Crippen LogP contribution in [0.25, 0.3) is 107 Å². The van der Waals surface area contributed by atoms with Crippen LogP contribution in [-0.4, -0.2) is 34.6 Å². The van der Waals surface area contributed by atoms with Crippen LogP contribution in [0.15, 0.2) is 200 Å². The van der Waals surface area contributed by atoms with Crippen molar-refractivity contribution in [2.75, 3.05) is 0 Å². The van der Waals surface area contributed by atoms with Crippen LogP contribution in [0.1, 0.15) is 52.7 Å². The third-order valence-corrected chi connectivity index (χ3v) is 13.1. The van der Waals surface area contributed by atoms with Crippen LogP contribution in [0.4, 0.5) is 0 Å². The van der Waals surface area contributed by atoms with Crippen molar-refractivity contribution in [1.29, 1.82) is 0 Å². The molecule has 7 aromatic carbocycles. The van der Waals surface area contributed by atoms with Gasteiger partial charge < -0.3 is 5.11 Å². The molecule has 0 saturated carbocycles. The fourth-order valence-electron chi connectivity index (χ4n) is 9.17. The number of nitrogens with zero attached hydrogens (tertiary/aromatic N) is 6. The van der Waals surface area contributed by atoms with E-state index in [1.807, 2.05) is 78.9 Å². The van der Waals surface area contributed by atoms with Crippen molar-refractivity contribution in [3.05, 3.63) is 211 Å². The fourth-order valence-corrected chi connectivity index (χ4v) is 9.17. The van der Waals surface area contributed by atoms with E-state index in [9.17, 15) is 5.11 Å². The number of aromatic hydroxyl groups is 1. The van der Waals surface area contributed by atoms with Crippen LogP contribution in [0.3, 0.4) is 0 Å². The van der Waals surface area contributed by atoms with E-state index in [0.29, 0.717) is 28.9 Å². The van der Waals surface area contributed by atoms with Crippen LogP contribution in [0.2, 0.25) is 0 Å². The van der Waals surface area contributed by atoms with E-state index in [1.165, 1.54) is 11.1 Å². The summed E-state index contributed by atoms with van der Waals surface area (Å²) in [7, 11) is 0. The van der Waals surface area contributed by atoms with E-state index in [-0.39, 0.29) is 16.6 Å². The topological polar surface area (TPSA) is 89.6 Å². The summed E-state index contributed by atoms with van der Waals surface area (Å²) in [5, 5.41) is 13.3. The summed E-state index contributed by atoms with van der Waals surface area (Å²) < 4.78 is 2.15. The number of hydrogen-bond donors (Lipinski definition) is 1. The molecule has 7 nitrogen and oxygen atoms in total. The number of phenols is 1. The Morgan fingerprint density at radius 2 is 0.843 bits per heavy atom. The van der Waals surface area contributed by atoms with Gasteiger partial charge in [-0.15, -0.1) is 0 Å². The number of phenolic OH excluding ortho intramolecular Hbond substituents is 1. The van der Waals surface area contributed by atoms with Gasteiger partial charge in [-0.25, -0.2) is 15.0 Å². The normalized spacial score (nSPS) is 11.9. The second-order valence-electron chi connectivity index (χ2n) is 20.0. The van der Waals surface area contributed by atoms with Crippen molar-refractivity contribution in [2.45, 2.75) is 52.4 Å². The second-order valence-corrected chi connectivity index (χ2v) is 20.0. The monoisotopic (exact) mass is 908 g/mol. The van der Waals surface area contributed by atoms with Crippen LogP contribution >= 0.6 is 0 Å². The van der Waals surface area contributed by atoms with E-state index in [2.05, 4.69) is 161 Å². The molecule has 7 heteroatoms. The quantitative estimate of drug-likeness (QED) is 0.163. The van der Waals surface area contributed by atoms with E-state index in [4.69, 9.17) is 24.9 Å². The molecule has 0 radical (unpaired) electrons. The zero-order valence-electron chi connectivity index (χ0n) is 40.2. The van der Waals surface area contributed by atoms with Crippen molar-refractivity contribution in [2.24, 2.45) is 0 Å². The standard InChI is InChI=1S/C63H52N6O/c1-62(2,3)47-34-45(35-48(39-47)63(4,5)6)46-36-54(65-55(37-46)51-26-14-16-30-58(51)70)43-24-17-23-42(33-43)52-27-18-28-53(64-52)44-31-32-50-49-25-13-15-29-56(49)69(57(50)38-44)61-67-59(40-19-9-7-10-20-40)66-60(68-61)41-21-11-8-12-22-41/h7-39,70H,1-6H3. The van der Waals surface area contributed by atoms with Crippen molar-refractivity contribution in [1.82, 2.24) is 29.5 Å². The lowest BCUT2D eigenvalue weighted by Crippen LogP contribution is -2.16. The summed E-state index contributed by atoms with van der Waals surface area (Å²) in [6.07, 6.45) is 0. The van der Waals surface area contributed by atoms with E-state index >= 15 is 0 Å². The second kappa shape index (κ2) is 17.5. The van der Waals surface area contributed by atoms with Gasteiger partial charge in [-0.1, -0.05) is 187 Å². The molecule has 0 bridgehead atoms. The maximum absolute atomic E-state index is 11.1. The Kier molecular flexibility index (Phi) is 11.0. The Bertz CT molecular complexity index is 3660. The molecule has 0 fully saturated rings. The number of fused-ring (bicyclic) bond motifs is 3. The summed E-state index contributed by atoms with van der Waals surface area (Å²) >= 11 is 0. The number of pyridine rings is 2. The van der Waals surface area contributed by atoms with Gasteiger partial charge >= 0.3 is 0 Å². The molecule has 0 unspecified atom stereocenters. The van der Waals surface area contributed by atoms with E-state index < -0.39 is 0 Å². The lowest BCUT2D eigenvalue weighted by atomic mass is 9.79. The number of para-hydroxylation sites is 2. The minimum absolute atomic E-state index is 0.0559. The highest BCUT2D eigenvalue weighted by Gasteiger charge is 2.23. The fraction of sp³-hybridized carbons (Fsp3) is 0.127. The summed E-state index contributed by atoms with van der Waals surface area (Å²) in [6, 6.07) is 68.3. The van der Waals surface area contributed by atoms with Gasteiger partial charge in [0.2, 0.25) is 5.95 Å². The lowest BCUT2D eigenvalue weighted by Gasteiger charge is -2.26. The Hall–Kier alpha value is -8.55.